The fourth-order valence-electron chi connectivity index (χ4n) is 4.93. The fourth-order valence-corrected chi connectivity index (χ4v) is 4.93. The molecule has 0 radical (unpaired) electrons. The molecule has 0 spiro atoms. The Morgan fingerprint density at radius 2 is 1.69 bits per heavy atom. The van der Waals surface area contributed by atoms with E-state index in [9.17, 15) is 4.79 Å². The van der Waals surface area contributed by atoms with Gasteiger partial charge in [0.05, 0.1) is 7.05 Å². The van der Waals surface area contributed by atoms with Crippen molar-refractivity contribution in [2.24, 2.45) is 23.2 Å². The van der Waals surface area contributed by atoms with Gasteiger partial charge >= 0.3 is 0 Å². The van der Waals surface area contributed by atoms with E-state index in [0.717, 1.165) is 17.8 Å². The monoisotopic (exact) mass is 222 g/mol. The quantitative estimate of drug-likeness (QED) is 0.768. The van der Waals surface area contributed by atoms with Gasteiger partial charge in [-0.2, -0.15) is 0 Å². The fraction of sp³-hybridized carbons (Fsp3) is 0.929. The molecule has 4 rings (SSSR count). The minimum atomic E-state index is 0.125. The second-order valence-electron chi connectivity index (χ2n) is 6.58. The molecule has 2 nitrogen and oxygen atoms in total. The first-order chi connectivity index (χ1) is 7.72. The Morgan fingerprint density at radius 1 is 1.12 bits per heavy atom. The molecular weight excluding hydrogens is 198 g/mol. The predicted octanol–water partition coefficient (Wildman–Crippen LogP) is 1.36. The number of quaternary nitrogens is 1. The molecule has 4 atom stereocenters. The van der Waals surface area contributed by atoms with Crippen LogP contribution in [-0.4, -0.2) is 19.4 Å². The van der Waals surface area contributed by atoms with Crippen LogP contribution in [0.15, 0.2) is 0 Å². The number of hydrogen-bond acceptors (Lipinski definition) is 1. The largest absolute Gasteiger partial charge is 0.342 e. The summed E-state index contributed by atoms with van der Waals surface area (Å²) in [7, 11) is 2.02. The topological polar surface area (TPSA) is 33.7 Å². The Bertz CT molecular complexity index is 283. The van der Waals surface area contributed by atoms with Crippen molar-refractivity contribution in [3.05, 3.63) is 0 Å². The van der Waals surface area contributed by atoms with Gasteiger partial charge in [0.25, 0.3) is 0 Å². The summed E-state index contributed by atoms with van der Waals surface area (Å²) in [4.78, 5) is 12.4. The van der Waals surface area contributed by atoms with Gasteiger partial charge in [-0.15, -0.1) is 0 Å². The molecule has 90 valence electrons. The number of carbonyl (C=O) groups excluding carboxylic acids is 1. The van der Waals surface area contributed by atoms with Crippen molar-refractivity contribution in [1.82, 2.24) is 0 Å². The lowest BCUT2D eigenvalue weighted by molar-refractivity contribution is -0.616. The van der Waals surface area contributed by atoms with Crippen LogP contribution in [0.25, 0.3) is 0 Å². The van der Waals surface area contributed by atoms with Crippen LogP contribution in [0, 0.1) is 23.2 Å². The van der Waals surface area contributed by atoms with Crippen LogP contribution in [0.2, 0.25) is 0 Å². The van der Waals surface area contributed by atoms with Crippen molar-refractivity contribution in [2.45, 2.75) is 44.9 Å². The number of nitrogens with two attached hydrogens (primary N) is 1. The van der Waals surface area contributed by atoms with Crippen molar-refractivity contribution < 1.29 is 10.1 Å². The van der Waals surface area contributed by atoms with Crippen molar-refractivity contribution >= 4 is 5.78 Å². The number of fused-ring (bicyclic) bond motifs is 1. The Balaban J connectivity index is 1.87. The van der Waals surface area contributed by atoms with E-state index in [0.29, 0.717) is 12.3 Å². The molecule has 0 saturated heterocycles. The molecule has 0 heterocycles. The van der Waals surface area contributed by atoms with Gasteiger partial charge < -0.3 is 5.32 Å². The van der Waals surface area contributed by atoms with Crippen molar-refractivity contribution in [3.8, 4) is 0 Å². The summed E-state index contributed by atoms with van der Waals surface area (Å²) in [6, 6.07) is 0. The molecule has 4 aliphatic rings. The zero-order valence-electron chi connectivity index (χ0n) is 10.4. The summed E-state index contributed by atoms with van der Waals surface area (Å²) in [5.41, 5.74) is 0.125. The van der Waals surface area contributed by atoms with Crippen molar-refractivity contribution in [2.75, 3.05) is 13.6 Å². The molecule has 0 aromatic rings. The third kappa shape index (κ3) is 1.62. The van der Waals surface area contributed by atoms with E-state index in [-0.39, 0.29) is 5.41 Å². The molecule has 4 bridgehead atoms. The summed E-state index contributed by atoms with van der Waals surface area (Å²) >= 11 is 0. The van der Waals surface area contributed by atoms with Gasteiger partial charge in [0.1, 0.15) is 6.54 Å². The maximum absolute atomic E-state index is 12.4. The molecule has 2 unspecified atom stereocenters. The van der Waals surface area contributed by atoms with Crippen LogP contribution in [0.3, 0.4) is 0 Å². The van der Waals surface area contributed by atoms with Crippen molar-refractivity contribution in [3.63, 3.8) is 0 Å². The average Bonchev–Trinajstić information content (AvgIpc) is 2.46. The highest BCUT2D eigenvalue weighted by molar-refractivity contribution is 5.86. The molecule has 0 aliphatic heterocycles. The molecule has 2 heteroatoms. The summed E-state index contributed by atoms with van der Waals surface area (Å²) in [5, 5.41) is 2.05. The Labute approximate surface area is 98.2 Å². The third-order valence-corrected chi connectivity index (χ3v) is 5.34. The number of hydrogen-bond donors (Lipinski definition) is 1. The standard InChI is InChI=1S/C14H23NO/c1-15-9-13(16)14-6-10-2-3-11(7-14)5-12(4-10)8-14/h10-12,15H,2-9H2,1H3/p+1/t10-,11+,12?,14?. The van der Waals surface area contributed by atoms with Gasteiger partial charge in [-0.05, 0) is 49.9 Å². The highest BCUT2D eigenvalue weighted by Gasteiger charge is 2.52. The summed E-state index contributed by atoms with van der Waals surface area (Å²) in [6.07, 6.45) is 9.37. The third-order valence-electron chi connectivity index (χ3n) is 5.34. The van der Waals surface area contributed by atoms with E-state index in [2.05, 4.69) is 5.32 Å². The van der Waals surface area contributed by atoms with E-state index in [4.69, 9.17) is 0 Å². The summed E-state index contributed by atoms with van der Waals surface area (Å²) in [5.74, 6) is 3.22. The van der Waals surface area contributed by atoms with E-state index < -0.39 is 0 Å². The molecular formula is C14H24NO+. The van der Waals surface area contributed by atoms with Crippen LogP contribution in [0.4, 0.5) is 0 Å². The maximum atomic E-state index is 12.4. The van der Waals surface area contributed by atoms with Gasteiger partial charge in [-0.25, -0.2) is 0 Å². The predicted molar refractivity (Wildman–Crippen MR) is 62.9 cm³/mol. The SMILES string of the molecule is C[NH2+]CC(=O)C12CC3C[C@@H](CC[C@@H](C3)C1)C2. The molecule has 4 fully saturated rings. The number of Topliss-reactive ketones (excluding diaryl/α,β-unsaturated/α-hetero) is 1. The molecule has 0 aromatic heterocycles. The van der Waals surface area contributed by atoms with Gasteiger partial charge in [0.2, 0.25) is 0 Å². The second-order valence-corrected chi connectivity index (χ2v) is 6.58. The minimum Gasteiger partial charge on any atom is -0.342 e. The maximum Gasteiger partial charge on any atom is 0.192 e. The Hall–Kier alpha value is -0.370. The molecule has 0 aromatic carbocycles. The Morgan fingerprint density at radius 3 is 2.25 bits per heavy atom. The lowest BCUT2D eigenvalue weighted by Gasteiger charge is -2.46. The van der Waals surface area contributed by atoms with E-state index >= 15 is 0 Å². The smallest absolute Gasteiger partial charge is 0.192 e. The minimum absolute atomic E-state index is 0.125. The van der Waals surface area contributed by atoms with E-state index in [1.807, 2.05) is 7.05 Å². The average molecular weight is 222 g/mol. The van der Waals surface area contributed by atoms with Gasteiger partial charge in [0, 0.05) is 5.41 Å². The van der Waals surface area contributed by atoms with Gasteiger partial charge in [-0.3, -0.25) is 4.79 Å². The molecule has 4 aliphatic carbocycles. The van der Waals surface area contributed by atoms with E-state index in [1.54, 1.807) is 0 Å². The second kappa shape index (κ2) is 3.83. The Kier molecular flexibility index (Phi) is 2.58. The van der Waals surface area contributed by atoms with E-state index in [1.165, 1.54) is 44.9 Å². The lowest BCUT2D eigenvalue weighted by atomic mass is 9.57. The highest BCUT2D eigenvalue weighted by atomic mass is 16.1. The highest BCUT2D eigenvalue weighted by Crippen LogP contribution is 2.57. The van der Waals surface area contributed by atoms with Crippen LogP contribution in [0.1, 0.15) is 44.9 Å². The number of carbonyl (C=O) groups is 1. The van der Waals surface area contributed by atoms with Crippen LogP contribution >= 0.6 is 0 Å². The number of ketones is 1. The molecule has 4 saturated carbocycles. The number of likely N-dealkylation sites (N-methyl/N-ethyl adjacent to an activating group) is 1. The van der Waals surface area contributed by atoms with Gasteiger partial charge in [0.15, 0.2) is 5.78 Å². The van der Waals surface area contributed by atoms with Crippen molar-refractivity contribution in [1.29, 1.82) is 0 Å². The first-order valence-electron chi connectivity index (χ1n) is 7.03. The normalized spacial score (nSPS) is 45.7. The van der Waals surface area contributed by atoms with Crippen LogP contribution in [-0.2, 0) is 4.79 Å². The first-order valence-corrected chi connectivity index (χ1v) is 7.03. The lowest BCUT2D eigenvalue weighted by Crippen LogP contribution is -2.82. The zero-order chi connectivity index (χ0) is 11.2. The van der Waals surface area contributed by atoms with Crippen LogP contribution in [0.5, 0.6) is 0 Å². The molecule has 16 heavy (non-hydrogen) atoms. The summed E-state index contributed by atoms with van der Waals surface area (Å²) < 4.78 is 0. The number of rotatable bonds is 3. The zero-order valence-corrected chi connectivity index (χ0v) is 10.4. The summed E-state index contributed by atoms with van der Waals surface area (Å²) in [6.45, 7) is 0.714. The molecule has 0 amide bonds. The van der Waals surface area contributed by atoms with Crippen LogP contribution < -0.4 is 5.32 Å². The van der Waals surface area contributed by atoms with Gasteiger partial charge in [-0.1, -0.05) is 12.8 Å². The first kappa shape index (κ1) is 10.8. The molecule has 2 N–H and O–H groups in total.